The first-order chi connectivity index (χ1) is 14.7. The summed E-state index contributed by atoms with van der Waals surface area (Å²) in [5, 5.41) is 3.21. The molecule has 4 aromatic rings. The Morgan fingerprint density at radius 2 is 1.93 bits per heavy atom. The van der Waals surface area contributed by atoms with Crippen molar-refractivity contribution in [2.75, 3.05) is 6.54 Å². The van der Waals surface area contributed by atoms with Crippen molar-refractivity contribution in [3.05, 3.63) is 82.3 Å². The molecule has 1 N–H and O–H groups in total. The van der Waals surface area contributed by atoms with Gasteiger partial charge in [0.2, 0.25) is 5.91 Å². The van der Waals surface area contributed by atoms with E-state index in [-0.39, 0.29) is 17.8 Å². The maximum Gasteiger partial charge on any atom is 0.223 e. The molecule has 152 valence electrons. The van der Waals surface area contributed by atoms with Crippen molar-refractivity contribution in [2.24, 2.45) is 0 Å². The molecule has 5 rings (SSSR count). The number of para-hydroxylation sites is 1. The van der Waals surface area contributed by atoms with Crippen LogP contribution in [0.1, 0.15) is 35.7 Å². The number of thiophene rings is 1. The summed E-state index contributed by atoms with van der Waals surface area (Å²) in [5.74, 6) is -0.0403. The van der Waals surface area contributed by atoms with E-state index in [1.165, 1.54) is 17.0 Å². The summed E-state index contributed by atoms with van der Waals surface area (Å²) >= 11 is 1.73. The summed E-state index contributed by atoms with van der Waals surface area (Å²) in [6.45, 7) is 0.833. The standard InChI is InChI=1S/C25H23FN2OS/c26-18-11-9-17(10-12-18)25-20(19-5-1-2-6-21(19)27-25)13-14-24(29)28-15-3-7-22(28)23-8-4-16-30-23/h1-2,4-6,8-12,16,22,27H,3,7,13-15H2. The topological polar surface area (TPSA) is 36.1 Å². The third kappa shape index (κ3) is 3.54. The largest absolute Gasteiger partial charge is 0.354 e. The third-order valence-corrected chi connectivity index (χ3v) is 6.95. The van der Waals surface area contributed by atoms with E-state index in [0.717, 1.165) is 47.1 Å². The van der Waals surface area contributed by atoms with Crippen LogP contribution in [-0.4, -0.2) is 22.3 Å². The van der Waals surface area contributed by atoms with E-state index >= 15 is 0 Å². The van der Waals surface area contributed by atoms with Crippen LogP contribution >= 0.6 is 11.3 Å². The molecule has 1 aliphatic rings. The van der Waals surface area contributed by atoms with E-state index < -0.39 is 0 Å². The molecule has 1 atom stereocenters. The fraction of sp³-hybridized carbons (Fsp3) is 0.240. The number of rotatable bonds is 5. The Balaban J connectivity index is 1.42. The minimum Gasteiger partial charge on any atom is -0.354 e. The fourth-order valence-electron chi connectivity index (χ4n) is 4.54. The van der Waals surface area contributed by atoms with Gasteiger partial charge in [0.1, 0.15) is 5.82 Å². The maximum absolute atomic E-state index is 13.4. The zero-order chi connectivity index (χ0) is 20.5. The van der Waals surface area contributed by atoms with Gasteiger partial charge in [0.25, 0.3) is 0 Å². The monoisotopic (exact) mass is 418 g/mol. The van der Waals surface area contributed by atoms with Crippen molar-refractivity contribution in [3.63, 3.8) is 0 Å². The van der Waals surface area contributed by atoms with Gasteiger partial charge in [0.05, 0.1) is 6.04 Å². The summed E-state index contributed by atoms with van der Waals surface area (Å²) in [5.41, 5.74) is 4.07. The first kappa shape index (κ1) is 19.1. The lowest BCUT2D eigenvalue weighted by Gasteiger charge is -2.24. The van der Waals surface area contributed by atoms with Crippen LogP contribution in [0.15, 0.2) is 66.0 Å². The number of nitrogens with one attached hydrogen (secondary N) is 1. The normalized spacial score (nSPS) is 16.4. The molecule has 1 unspecified atom stereocenters. The predicted molar refractivity (Wildman–Crippen MR) is 120 cm³/mol. The number of hydrogen-bond acceptors (Lipinski definition) is 2. The van der Waals surface area contributed by atoms with Crippen molar-refractivity contribution in [3.8, 4) is 11.3 Å². The average Bonchev–Trinajstić information content (AvgIpc) is 3.51. The van der Waals surface area contributed by atoms with Gasteiger partial charge in [-0.15, -0.1) is 11.3 Å². The highest BCUT2D eigenvalue weighted by Crippen LogP contribution is 2.36. The van der Waals surface area contributed by atoms with Gasteiger partial charge in [-0.05, 0) is 72.2 Å². The molecule has 2 aromatic heterocycles. The second-order valence-electron chi connectivity index (χ2n) is 7.79. The molecule has 1 amide bonds. The van der Waals surface area contributed by atoms with Crippen molar-refractivity contribution in [2.45, 2.75) is 31.7 Å². The Morgan fingerprint density at radius 3 is 2.73 bits per heavy atom. The van der Waals surface area contributed by atoms with Crippen molar-refractivity contribution in [1.29, 1.82) is 0 Å². The minimum atomic E-state index is -0.250. The van der Waals surface area contributed by atoms with Crippen LogP contribution in [0.3, 0.4) is 0 Å². The predicted octanol–water partition coefficient (Wildman–Crippen LogP) is 6.33. The fourth-order valence-corrected chi connectivity index (χ4v) is 5.41. The van der Waals surface area contributed by atoms with Crippen LogP contribution in [0.5, 0.6) is 0 Å². The summed E-state index contributed by atoms with van der Waals surface area (Å²) in [6, 6.07) is 19.1. The molecule has 0 radical (unpaired) electrons. The van der Waals surface area contributed by atoms with E-state index in [1.807, 2.05) is 18.2 Å². The van der Waals surface area contributed by atoms with Crippen molar-refractivity contribution < 1.29 is 9.18 Å². The summed E-state index contributed by atoms with van der Waals surface area (Å²) in [7, 11) is 0. The van der Waals surface area contributed by atoms with Crippen LogP contribution in [-0.2, 0) is 11.2 Å². The number of nitrogens with zero attached hydrogens (tertiary/aromatic N) is 1. The highest BCUT2D eigenvalue weighted by atomic mass is 32.1. The summed E-state index contributed by atoms with van der Waals surface area (Å²) in [6.07, 6.45) is 3.23. The molecular weight excluding hydrogens is 395 g/mol. The van der Waals surface area contributed by atoms with Gasteiger partial charge in [-0.2, -0.15) is 0 Å². The molecule has 0 bridgehead atoms. The number of amides is 1. The first-order valence-electron chi connectivity index (χ1n) is 10.4. The molecule has 2 aromatic carbocycles. The SMILES string of the molecule is O=C(CCc1c(-c2ccc(F)cc2)[nH]c2ccccc12)N1CCCC1c1cccs1. The highest BCUT2D eigenvalue weighted by molar-refractivity contribution is 7.10. The molecule has 0 saturated carbocycles. The lowest BCUT2D eigenvalue weighted by molar-refractivity contribution is -0.132. The van der Waals surface area contributed by atoms with E-state index in [9.17, 15) is 9.18 Å². The second kappa shape index (κ2) is 8.07. The average molecular weight is 419 g/mol. The second-order valence-corrected chi connectivity index (χ2v) is 8.77. The first-order valence-corrected chi connectivity index (χ1v) is 11.3. The van der Waals surface area contributed by atoms with Gasteiger partial charge in [0, 0.05) is 34.4 Å². The van der Waals surface area contributed by atoms with E-state index in [1.54, 1.807) is 23.5 Å². The molecule has 1 saturated heterocycles. The lowest BCUT2D eigenvalue weighted by atomic mass is 10.0. The molecular formula is C25H23FN2OS. The molecule has 3 heterocycles. The number of hydrogen-bond donors (Lipinski definition) is 1. The van der Waals surface area contributed by atoms with E-state index in [2.05, 4.69) is 33.5 Å². The minimum absolute atomic E-state index is 0.209. The molecule has 3 nitrogen and oxygen atoms in total. The summed E-state index contributed by atoms with van der Waals surface area (Å²) < 4.78 is 13.4. The number of likely N-dealkylation sites (tertiary alicyclic amines) is 1. The van der Waals surface area contributed by atoms with E-state index in [4.69, 9.17) is 0 Å². The zero-order valence-corrected chi connectivity index (χ0v) is 17.4. The quantitative estimate of drug-likeness (QED) is 0.404. The number of benzene rings is 2. The molecule has 30 heavy (non-hydrogen) atoms. The number of carbonyl (C=O) groups is 1. The number of aromatic amines is 1. The highest BCUT2D eigenvalue weighted by Gasteiger charge is 2.30. The molecule has 5 heteroatoms. The van der Waals surface area contributed by atoms with Gasteiger partial charge >= 0.3 is 0 Å². The Kier molecular flexibility index (Phi) is 5.13. The maximum atomic E-state index is 13.4. The number of halogens is 1. The van der Waals surface area contributed by atoms with Crippen LogP contribution in [0.25, 0.3) is 22.2 Å². The summed E-state index contributed by atoms with van der Waals surface area (Å²) in [4.78, 5) is 20.0. The Morgan fingerprint density at radius 1 is 1.10 bits per heavy atom. The van der Waals surface area contributed by atoms with Gasteiger partial charge in [-0.3, -0.25) is 4.79 Å². The third-order valence-electron chi connectivity index (χ3n) is 5.98. The smallest absolute Gasteiger partial charge is 0.223 e. The molecule has 1 fully saturated rings. The van der Waals surface area contributed by atoms with Crippen molar-refractivity contribution >= 4 is 28.1 Å². The molecule has 0 aliphatic carbocycles. The van der Waals surface area contributed by atoms with Crippen LogP contribution in [0.2, 0.25) is 0 Å². The number of H-pyrrole nitrogens is 1. The van der Waals surface area contributed by atoms with Crippen molar-refractivity contribution in [1.82, 2.24) is 9.88 Å². The molecule has 0 spiro atoms. The number of fused-ring (bicyclic) bond motifs is 1. The van der Waals surface area contributed by atoms with Gasteiger partial charge in [0.15, 0.2) is 0 Å². The Labute approximate surface area is 179 Å². The van der Waals surface area contributed by atoms with Gasteiger partial charge < -0.3 is 9.88 Å². The number of aryl methyl sites for hydroxylation is 1. The zero-order valence-electron chi connectivity index (χ0n) is 16.6. The number of aromatic nitrogens is 1. The van der Waals surface area contributed by atoms with Gasteiger partial charge in [-0.25, -0.2) is 4.39 Å². The van der Waals surface area contributed by atoms with Crippen LogP contribution in [0.4, 0.5) is 4.39 Å². The number of carbonyl (C=O) groups excluding carboxylic acids is 1. The Bertz CT molecular complexity index is 1160. The van der Waals surface area contributed by atoms with Crippen LogP contribution < -0.4 is 0 Å². The molecule has 1 aliphatic heterocycles. The van der Waals surface area contributed by atoms with Crippen LogP contribution in [0, 0.1) is 5.82 Å². The van der Waals surface area contributed by atoms with E-state index in [0.29, 0.717) is 12.8 Å². The Hall–Kier alpha value is -2.92. The van der Waals surface area contributed by atoms with Gasteiger partial charge in [-0.1, -0.05) is 24.3 Å². The lowest BCUT2D eigenvalue weighted by Crippen LogP contribution is -2.30.